The molecule has 1 aromatic rings. The number of rotatable bonds is 4. The third kappa shape index (κ3) is 3.49. The van der Waals surface area contributed by atoms with E-state index in [-0.39, 0.29) is 16.7 Å². The van der Waals surface area contributed by atoms with Gasteiger partial charge in [-0.15, -0.1) is 0 Å². The van der Waals surface area contributed by atoms with Crippen molar-refractivity contribution in [2.24, 2.45) is 0 Å². The van der Waals surface area contributed by atoms with Crippen LogP contribution in [-0.2, 0) is 4.79 Å². The fourth-order valence-corrected chi connectivity index (χ4v) is 1.61. The summed E-state index contributed by atoms with van der Waals surface area (Å²) in [5, 5.41) is 11.5. The molecule has 0 aliphatic heterocycles. The maximum absolute atomic E-state index is 11.6. The van der Waals surface area contributed by atoms with Gasteiger partial charge in [-0.25, -0.2) is 4.79 Å². The van der Waals surface area contributed by atoms with Gasteiger partial charge in [0.25, 0.3) is 0 Å². The first-order valence-corrected chi connectivity index (χ1v) is 6.42. The van der Waals surface area contributed by atoms with E-state index in [1.54, 1.807) is 19.1 Å². The minimum absolute atomic E-state index is 0.0834. The van der Waals surface area contributed by atoms with Crippen LogP contribution >= 0.6 is 11.8 Å². The lowest BCUT2D eigenvalue weighted by Crippen LogP contribution is -2.22. The van der Waals surface area contributed by atoms with Crippen LogP contribution < -0.4 is 5.32 Å². The number of aryl methyl sites for hydroxylation is 1. The molecule has 92 valence electrons. The number of anilines is 1. The van der Waals surface area contributed by atoms with Crippen molar-refractivity contribution in [2.45, 2.75) is 19.1 Å². The first-order valence-electron chi connectivity index (χ1n) is 5.13. The Morgan fingerprint density at radius 3 is 2.53 bits per heavy atom. The predicted molar refractivity (Wildman–Crippen MR) is 69.7 cm³/mol. The molecule has 0 saturated carbocycles. The monoisotopic (exact) mass is 253 g/mol. The SMILES string of the molecule is CSC(C)C(=O)Nc1ccc(C(=O)O)c(C)c1. The Hall–Kier alpha value is -1.49. The number of hydrogen-bond acceptors (Lipinski definition) is 3. The van der Waals surface area contributed by atoms with Crippen molar-refractivity contribution < 1.29 is 14.7 Å². The minimum atomic E-state index is -0.960. The van der Waals surface area contributed by atoms with Crippen molar-refractivity contribution >= 4 is 29.3 Å². The lowest BCUT2D eigenvalue weighted by atomic mass is 10.1. The highest BCUT2D eigenvalue weighted by Crippen LogP contribution is 2.16. The second kappa shape index (κ2) is 5.72. The minimum Gasteiger partial charge on any atom is -0.478 e. The summed E-state index contributed by atoms with van der Waals surface area (Å²) in [4.78, 5) is 22.4. The molecule has 17 heavy (non-hydrogen) atoms. The van der Waals surface area contributed by atoms with Crippen molar-refractivity contribution in [3.05, 3.63) is 29.3 Å². The standard InChI is InChI=1S/C12H15NO3S/c1-7-6-9(4-5-10(7)12(15)16)13-11(14)8(2)17-3/h4-6,8H,1-3H3,(H,13,14)(H,15,16). The molecular formula is C12H15NO3S. The predicted octanol–water partition coefficient (Wildman–Crippen LogP) is 2.38. The first-order chi connectivity index (χ1) is 7.95. The van der Waals surface area contributed by atoms with E-state index in [9.17, 15) is 9.59 Å². The van der Waals surface area contributed by atoms with Gasteiger partial charge in [-0.05, 0) is 43.9 Å². The van der Waals surface area contributed by atoms with E-state index in [2.05, 4.69) is 5.32 Å². The summed E-state index contributed by atoms with van der Waals surface area (Å²) in [7, 11) is 0. The normalized spacial score (nSPS) is 11.9. The summed E-state index contributed by atoms with van der Waals surface area (Å²) in [6.45, 7) is 3.52. The highest BCUT2D eigenvalue weighted by Gasteiger charge is 2.12. The van der Waals surface area contributed by atoms with Gasteiger partial charge in [0.15, 0.2) is 0 Å². The van der Waals surface area contributed by atoms with E-state index in [1.165, 1.54) is 17.8 Å². The molecule has 0 radical (unpaired) electrons. The number of amides is 1. The number of nitrogens with one attached hydrogen (secondary N) is 1. The van der Waals surface area contributed by atoms with E-state index < -0.39 is 5.97 Å². The molecule has 1 rings (SSSR count). The zero-order chi connectivity index (χ0) is 13.0. The lowest BCUT2D eigenvalue weighted by molar-refractivity contribution is -0.115. The molecule has 0 aromatic heterocycles. The van der Waals surface area contributed by atoms with E-state index in [0.29, 0.717) is 11.3 Å². The summed E-state index contributed by atoms with van der Waals surface area (Å²) in [6.07, 6.45) is 1.86. The van der Waals surface area contributed by atoms with E-state index in [4.69, 9.17) is 5.11 Å². The molecule has 0 heterocycles. The molecule has 0 aliphatic carbocycles. The summed E-state index contributed by atoms with van der Waals surface area (Å²) in [5.74, 6) is -1.04. The molecule has 4 nitrogen and oxygen atoms in total. The third-order valence-electron chi connectivity index (χ3n) is 2.45. The van der Waals surface area contributed by atoms with Gasteiger partial charge in [-0.3, -0.25) is 4.79 Å². The fraction of sp³-hybridized carbons (Fsp3) is 0.333. The number of carbonyl (C=O) groups is 2. The van der Waals surface area contributed by atoms with Gasteiger partial charge in [0.2, 0.25) is 5.91 Å². The van der Waals surface area contributed by atoms with Crippen LogP contribution in [0.2, 0.25) is 0 Å². The Balaban J connectivity index is 2.84. The van der Waals surface area contributed by atoms with Crippen LogP contribution in [0.15, 0.2) is 18.2 Å². The van der Waals surface area contributed by atoms with Gasteiger partial charge in [0, 0.05) is 5.69 Å². The lowest BCUT2D eigenvalue weighted by Gasteiger charge is -2.11. The largest absolute Gasteiger partial charge is 0.478 e. The smallest absolute Gasteiger partial charge is 0.335 e. The topological polar surface area (TPSA) is 66.4 Å². The first kappa shape index (κ1) is 13.6. The molecule has 0 fully saturated rings. The molecule has 0 saturated heterocycles. The Kier molecular flexibility index (Phi) is 4.57. The van der Waals surface area contributed by atoms with Crippen molar-refractivity contribution in [1.82, 2.24) is 0 Å². The highest BCUT2D eigenvalue weighted by atomic mass is 32.2. The van der Waals surface area contributed by atoms with Crippen LogP contribution in [-0.4, -0.2) is 28.5 Å². The van der Waals surface area contributed by atoms with Gasteiger partial charge in [-0.1, -0.05) is 0 Å². The molecule has 5 heteroatoms. The van der Waals surface area contributed by atoms with E-state index >= 15 is 0 Å². The summed E-state index contributed by atoms with van der Waals surface area (Å²) in [5.41, 5.74) is 1.51. The third-order valence-corrected chi connectivity index (χ3v) is 3.37. The van der Waals surface area contributed by atoms with Crippen LogP contribution in [0.4, 0.5) is 5.69 Å². The summed E-state index contributed by atoms with van der Waals surface area (Å²) < 4.78 is 0. The molecule has 0 bridgehead atoms. The Morgan fingerprint density at radius 1 is 1.41 bits per heavy atom. The van der Waals surface area contributed by atoms with Crippen molar-refractivity contribution in [2.75, 3.05) is 11.6 Å². The molecule has 1 atom stereocenters. The number of benzene rings is 1. The molecular weight excluding hydrogens is 238 g/mol. The number of carbonyl (C=O) groups excluding carboxylic acids is 1. The molecule has 0 spiro atoms. The number of aromatic carboxylic acids is 1. The quantitative estimate of drug-likeness (QED) is 0.864. The van der Waals surface area contributed by atoms with E-state index in [1.807, 2.05) is 13.2 Å². The van der Waals surface area contributed by atoms with Crippen molar-refractivity contribution in [1.29, 1.82) is 0 Å². The zero-order valence-electron chi connectivity index (χ0n) is 9.98. The van der Waals surface area contributed by atoms with Crippen molar-refractivity contribution in [3.63, 3.8) is 0 Å². The maximum atomic E-state index is 11.6. The number of hydrogen-bond donors (Lipinski definition) is 2. The maximum Gasteiger partial charge on any atom is 0.335 e. The average Bonchev–Trinajstić information content (AvgIpc) is 2.27. The van der Waals surface area contributed by atoms with Crippen LogP contribution in [0.1, 0.15) is 22.8 Å². The second-order valence-corrected chi connectivity index (χ2v) is 4.88. The van der Waals surface area contributed by atoms with Crippen LogP contribution in [0, 0.1) is 6.92 Å². The van der Waals surface area contributed by atoms with Gasteiger partial charge >= 0.3 is 5.97 Å². The average molecular weight is 253 g/mol. The summed E-state index contributed by atoms with van der Waals surface area (Å²) >= 11 is 1.46. The van der Waals surface area contributed by atoms with Gasteiger partial charge in [0.05, 0.1) is 10.8 Å². The number of thioether (sulfide) groups is 1. The fourth-order valence-electron chi connectivity index (χ4n) is 1.33. The Bertz CT molecular complexity index is 445. The van der Waals surface area contributed by atoms with Gasteiger partial charge < -0.3 is 10.4 Å². The highest BCUT2D eigenvalue weighted by molar-refractivity contribution is 7.99. The van der Waals surface area contributed by atoms with E-state index in [0.717, 1.165) is 0 Å². The van der Waals surface area contributed by atoms with Crippen LogP contribution in [0.25, 0.3) is 0 Å². The molecule has 1 amide bonds. The summed E-state index contributed by atoms with van der Waals surface area (Å²) in [6, 6.07) is 4.76. The number of carboxylic acid groups (broad SMARTS) is 1. The molecule has 0 aliphatic rings. The molecule has 1 unspecified atom stereocenters. The Labute approximate surface area is 104 Å². The van der Waals surface area contributed by atoms with Crippen LogP contribution in [0.3, 0.4) is 0 Å². The Morgan fingerprint density at radius 2 is 2.06 bits per heavy atom. The zero-order valence-corrected chi connectivity index (χ0v) is 10.8. The molecule has 1 aromatic carbocycles. The van der Waals surface area contributed by atoms with Gasteiger partial charge in [0.1, 0.15) is 0 Å². The van der Waals surface area contributed by atoms with Gasteiger partial charge in [-0.2, -0.15) is 11.8 Å². The number of carboxylic acids is 1. The van der Waals surface area contributed by atoms with Crippen molar-refractivity contribution in [3.8, 4) is 0 Å². The van der Waals surface area contributed by atoms with Crippen LogP contribution in [0.5, 0.6) is 0 Å². The second-order valence-electron chi connectivity index (χ2n) is 3.70. The molecule has 2 N–H and O–H groups in total.